The Balaban J connectivity index is 1.67. The zero-order valence-electron chi connectivity index (χ0n) is 13.2. The molecule has 0 radical (unpaired) electrons. The summed E-state index contributed by atoms with van der Waals surface area (Å²) in [6.07, 6.45) is 9.38. The molecule has 22 heavy (non-hydrogen) atoms. The molecule has 0 aliphatic carbocycles. The first kappa shape index (κ1) is 15.7. The lowest BCUT2D eigenvalue weighted by molar-refractivity contribution is -0.152. The second kappa shape index (κ2) is 7.36. The monoisotopic (exact) mass is 302 g/mol. The lowest BCUT2D eigenvalue weighted by atomic mass is 9.73. The van der Waals surface area contributed by atoms with Crippen molar-refractivity contribution in [3.8, 4) is 0 Å². The Morgan fingerprint density at radius 3 is 3.32 bits per heavy atom. The maximum atomic E-state index is 6.07. The minimum atomic E-state index is 0.141. The number of nitrogens with zero attached hydrogens (tertiary/aromatic N) is 2. The van der Waals surface area contributed by atoms with Gasteiger partial charge in [0.2, 0.25) is 0 Å². The number of hydrogen-bond donors (Lipinski definition) is 0. The third-order valence-corrected chi connectivity index (χ3v) is 4.82. The first-order valence-corrected chi connectivity index (χ1v) is 8.24. The molecule has 2 fully saturated rings. The molecular weight excluding hydrogens is 276 g/mol. The van der Waals surface area contributed by atoms with Gasteiger partial charge >= 0.3 is 0 Å². The lowest BCUT2D eigenvalue weighted by Crippen LogP contribution is -2.56. The van der Waals surface area contributed by atoms with Crippen LogP contribution in [0.5, 0.6) is 0 Å². The van der Waals surface area contributed by atoms with Crippen LogP contribution >= 0.6 is 0 Å². The Hall–Kier alpha value is -1.23. The van der Waals surface area contributed by atoms with E-state index in [0.717, 1.165) is 45.7 Å². The summed E-state index contributed by atoms with van der Waals surface area (Å²) in [6.45, 7) is 9.13. The normalized spacial score (nSPS) is 29.0. The van der Waals surface area contributed by atoms with E-state index < -0.39 is 0 Å². The standard InChI is InChI=1S/C18H26N2O2/c1-2-10-21-15-18-7-4-11-22-17(18)6-9-20(14-18)13-16-5-3-8-19-12-16/h2-3,5,8,12,17H,1,4,6-7,9-11,13-15H2/t17-,18+/m1/s1. The Morgan fingerprint density at radius 2 is 2.50 bits per heavy atom. The maximum absolute atomic E-state index is 6.07. The van der Waals surface area contributed by atoms with Gasteiger partial charge in [0.05, 0.1) is 19.3 Å². The molecule has 0 unspecified atom stereocenters. The van der Waals surface area contributed by atoms with E-state index in [0.29, 0.717) is 12.7 Å². The zero-order valence-corrected chi connectivity index (χ0v) is 13.2. The molecule has 1 aromatic heterocycles. The first-order valence-electron chi connectivity index (χ1n) is 8.24. The van der Waals surface area contributed by atoms with Crippen LogP contribution in [0.3, 0.4) is 0 Å². The molecule has 2 atom stereocenters. The molecule has 0 spiro atoms. The van der Waals surface area contributed by atoms with Crippen LogP contribution in [0.15, 0.2) is 37.2 Å². The van der Waals surface area contributed by atoms with Gasteiger partial charge in [0.25, 0.3) is 0 Å². The van der Waals surface area contributed by atoms with Gasteiger partial charge in [-0.3, -0.25) is 9.88 Å². The maximum Gasteiger partial charge on any atom is 0.0677 e. The van der Waals surface area contributed by atoms with Gasteiger partial charge in [-0.2, -0.15) is 0 Å². The fourth-order valence-corrected chi connectivity index (χ4v) is 3.82. The van der Waals surface area contributed by atoms with Crippen molar-refractivity contribution in [2.24, 2.45) is 5.41 Å². The molecule has 3 rings (SSSR count). The number of ether oxygens (including phenoxy) is 2. The van der Waals surface area contributed by atoms with Crippen molar-refractivity contribution < 1.29 is 9.47 Å². The van der Waals surface area contributed by atoms with E-state index in [1.165, 1.54) is 12.0 Å². The van der Waals surface area contributed by atoms with Gasteiger partial charge in [-0.05, 0) is 30.9 Å². The van der Waals surface area contributed by atoms with Gasteiger partial charge in [-0.15, -0.1) is 6.58 Å². The molecule has 0 aromatic carbocycles. The van der Waals surface area contributed by atoms with Crippen molar-refractivity contribution in [2.45, 2.75) is 31.9 Å². The molecule has 1 aromatic rings. The second-order valence-electron chi connectivity index (χ2n) is 6.49. The molecule has 4 heteroatoms. The minimum absolute atomic E-state index is 0.141. The Morgan fingerprint density at radius 1 is 1.55 bits per heavy atom. The first-order chi connectivity index (χ1) is 10.8. The van der Waals surface area contributed by atoms with Crippen molar-refractivity contribution in [3.63, 3.8) is 0 Å². The predicted molar refractivity (Wildman–Crippen MR) is 86.6 cm³/mol. The van der Waals surface area contributed by atoms with Gasteiger partial charge in [-0.25, -0.2) is 0 Å². The quantitative estimate of drug-likeness (QED) is 0.598. The highest BCUT2D eigenvalue weighted by Crippen LogP contribution is 2.40. The van der Waals surface area contributed by atoms with E-state index in [4.69, 9.17) is 9.47 Å². The van der Waals surface area contributed by atoms with E-state index in [1.807, 2.05) is 24.5 Å². The van der Waals surface area contributed by atoms with Gasteiger partial charge in [0, 0.05) is 44.0 Å². The summed E-state index contributed by atoms with van der Waals surface area (Å²) in [4.78, 5) is 6.75. The summed E-state index contributed by atoms with van der Waals surface area (Å²) in [5.74, 6) is 0. The molecule has 2 aliphatic rings. The Bertz CT molecular complexity index is 479. The fourth-order valence-electron chi connectivity index (χ4n) is 3.82. The van der Waals surface area contributed by atoms with Crippen LogP contribution in [0.25, 0.3) is 0 Å². The van der Waals surface area contributed by atoms with Crippen LogP contribution in [0.1, 0.15) is 24.8 Å². The van der Waals surface area contributed by atoms with E-state index >= 15 is 0 Å². The number of piperidine rings is 1. The molecular formula is C18H26N2O2. The minimum Gasteiger partial charge on any atom is -0.377 e. The molecule has 3 heterocycles. The molecule has 2 aliphatic heterocycles. The van der Waals surface area contributed by atoms with Crippen LogP contribution < -0.4 is 0 Å². The summed E-state index contributed by atoms with van der Waals surface area (Å²) in [5.41, 5.74) is 1.42. The van der Waals surface area contributed by atoms with E-state index in [1.54, 1.807) is 0 Å². The zero-order chi connectivity index (χ0) is 15.3. The highest BCUT2D eigenvalue weighted by Gasteiger charge is 2.46. The molecule has 0 amide bonds. The number of pyridine rings is 1. The van der Waals surface area contributed by atoms with Gasteiger partial charge < -0.3 is 9.47 Å². The summed E-state index contributed by atoms with van der Waals surface area (Å²) in [6, 6.07) is 4.16. The van der Waals surface area contributed by atoms with Crippen molar-refractivity contribution in [1.29, 1.82) is 0 Å². The van der Waals surface area contributed by atoms with Crippen LogP contribution in [0.2, 0.25) is 0 Å². The van der Waals surface area contributed by atoms with Crippen LogP contribution in [-0.2, 0) is 16.0 Å². The van der Waals surface area contributed by atoms with Crippen molar-refractivity contribution in [1.82, 2.24) is 9.88 Å². The number of likely N-dealkylation sites (tertiary alicyclic amines) is 1. The average molecular weight is 302 g/mol. The topological polar surface area (TPSA) is 34.6 Å². The summed E-state index contributed by atoms with van der Waals surface area (Å²) < 4.78 is 11.9. The highest BCUT2D eigenvalue weighted by molar-refractivity contribution is 5.09. The van der Waals surface area contributed by atoms with Crippen LogP contribution in [0, 0.1) is 5.41 Å². The molecule has 0 N–H and O–H groups in total. The van der Waals surface area contributed by atoms with Crippen LogP contribution in [0.4, 0.5) is 0 Å². The Kier molecular flexibility index (Phi) is 5.24. The number of hydrogen-bond acceptors (Lipinski definition) is 4. The summed E-state index contributed by atoms with van der Waals surface area (Å²) in [7, 11) is 0. The number of rotatable bonds is 6. The molecule has 120 valence electrons. The summed E-state index contributed by atoms with van der Waals surface area (Å²) in [5, 5.41) is 0. The van der Waals surface area contributed by atoms with Crippen LogP contribution in [-0.4, -0.2) is 48.9 Å². The molecule has 4 nitrogen and oxygen atoms in total. The highest BCUT2D eigenvalue weighted by atomic mass is 16.5. The molecule has 2 saturated heterocycles. The second-order valence-corrected chi connectivity index (χ2v) is 6.49. The molecule has 0 saturated carbocycles. The Labute approximate surface area is 133 Å². The third-order valence-electron chi connectivity index (χ3n) is 4.82. The molecule has 0 bridgehead atoms. The number of aromatic nitrogens is 1. The van der Waals surface area contributed by atoms with E-state index in [2.05, 4.69) is 22.5 Å². The summed E-state index contributed by atoms with van der Waals surface area (Å²) >= 11 is 0. The smallest absolute Gasteiger partial charge is 0.0677 e. The van der Waals surface area contributed by atoms with E-state index in [-0.39, 0.29) is 5.41 Å². The lowest BCUT2D eigenvalue weighted by Gasteiger charge is -2.50. The largest absolute Gasteiger partial charge is 0.377 e. The number of fused-ring (bicyclic) bond motifs is 1. The van der Waals surface area contributed by atoms with E-state index in [9.17, 15) is 0 Å². The average Bonchev–Trinajstić information content (AvgIpc) is 2.56. The SMILES string of the molecule is C=CCOC[C@@]12CCCO[C@@H]1CCN(Cc1cccnc1)C2. The third kappa shape index (κ3) is 3.57. The predicted octanol–water partition coefficient (Wildman–Crippen LogP) is 2.66. The van der Waals surface area contributed by atoms with Crippen molar-refractivity contribution in [3.05, 3.63) is 42.7 Å². The van der Waals surface area contributed by atoms with Gasteiger partial charge in [0.15, 0.2) is 0 Å². The van der Waals surface area contributed by atoms with Crippen molar-refractivity contribution in [2.75, 3.05) is 32.9 Å². The van der Waals surface area contributed by atoms with Gasteiger partial charge in [0.1, 0.15) is 0 Å². The fraction of sp³-hybridized carbons (Fsp3) is 0.611. The van der Waals surface area contributed by atoms with Gasteiger partial charge in [-0.1, -0.05) is 12.1 Å². The van der Waals surface area contributed by atoms with Crippen molar-refractivity contribution >= 4 is 0 Å².